The minimum absolute atomic E-state index is 0.114. The van der Waals surface area contributed by atoms with E-state index in [1.807, 2.05) is 13.8 Å². The monoisotopic (exact) mass is 278 g/mol. The molecule has 5 heteroatoms. The van der Waals surface area contributed by atoms with Crippen molar-refractivity contribution in [2.24, 2.45) is 0 Å². The normalized spacial score (nSPS) is 22.3. The molecular formula is C15H22N2O3. The number of benzene rings is 1. The smallest absolute Gasteiger partial charge is 0.251 e. The van der Waals surface area contributed by atoms with Gasteiger partial charge in [-0.2, -0.15) is 0 Å². The third kappa shape index (κ3) is 3.87. The van der Waals surface area contributed by atoms with Crippen LogP contribution in [0.25, 0.3) is 0 Å². The van der Waals surface area contributed by atoms with Crippen LogP contribution in [-0.4, -0.2) is 31.3 Å². The summed E-state index contributed by atoms with van der Waals surface area (Å²) in [7, 11) is 0. The Bertz CT molecular complexity index is 476. The number of ether oxygens (including phenoxy) is 2. The van der Waals surface area contributed by atoms with E-state index in [1.54, 1.807) is 18.2 Å². The first-order valence-corrected chi connectivity index (χ1v) is 7.04. The van der Waals surface area contributed by atoms with Crippen LogP contribution in [0.4, 0.5) is 5.69 Å². The molecule has 5 nitrogen and oxygen atoms in total. The van der Waals surface area contributed by atoms with Gasteiger partial charge in [-0.25, -0.2) is 0 Å². The Morgan fingerprint density at radius 3 is 3.00 bits per heavy atom. The van der Waals surface area contributed by atoms with Crippen LogP contribution in [0.1, 0.15) is 37.0 Å². The zero-order valence-corrected chi connectivity index (χ0v) is 12.0. The zero-order valence-electron chi connectivity index (χ0n) is 12.0. The van der Waals surface area contributed by atoms with Crippen molar-refractivity contribution in [2.75, 3.05) is 18.9 Å². The number of hydrogen-bond donors (Lipinski definition) is 2. The van der Waals surface area contributed by atoms with Gasteiger partial charge in [0.15, 0.2) is 0 Å². The predicted molar refractivity (Wildman–Crippen MR) is 77.9 cm³/mol. The minimum atomic E-state index is -0.114. The molecule has 1 heterocycles. The third-order valence-electron chi connectivity index (χ3n) is 3.32. The first-order valence-electron chi connectivity index (χ1n) is 7.04. The van der Waals surface area contributed by atoms with Crippen molar-refractivity contribution >= 4 is 11.6 Å². The Hall–Kier alpha value is -1.75. The Labute approximate surface area is 119 Å². The first kappa shape index (κ1) is 14.7. The third-order valence-corrected chi connectivity index (χ3v) is 3.32. The SMILES string of the molecule is CCOc1cc(N)cc(C(=O)NC2CCOC(C)C2)c1. The van der Waals surface area contributed by atoms with Gasteiger partial charge < -0.3 is 20.5 Å². The highest BCUT2D eigenvalue weighted by molar-refractivity contribution is 5.95. The van der Waals surface area contributed by atoms with Crippen LogP contribution in [0.3, 0.4) is 0 Å². The number of carbonyl (C=O) groups excluding carboxylic acids is 1. The second-order valence-electron chi connectivity index (χ2n) is 5.10. The maximum absolute atomic E-state index is 12.3. The van der Waals surface area contributed by atoms with E-state index in [1.165, 1.54) is 0 Å². The van der Waals surface area contributed by atoms with Gasteiger partial charge in [-0.05, 0) is 38.8 Å². The van der Waals surface area contributed by atoms with Crippen LogP contribution in [0.5, 0.6) is 5.75 Å². The molecule has 0 aromatic heterocycles. The maximum Gasteiger partial charge on any atom is 0.251 e. The molecule has 0 radical (unpaired) electrons. The molecule has 0 saturated carbocycles. The average Bonchev–Trinajstić information content (AvgIpc) is 2.38. The molecule has 1 amide bonds. The van der Waals surface area contributed by atoms with Gasteiger partial charge >= 0.3 is 0 Å². The number of nitrogens with two attached hydrogens (primary N) is 1. The lowest BCUT2D eigenvalue weighted by atomic mass is 10.0. The topological polar surface area (TPSA) is 73.6 Å². The van der Waals surface area contributed by atoms with Crippen LogP contribution in [0.2, 0.25) is 0 Å². The van der Waals surface area contributed by atoms with E-state index in [2.05, 4.69) is 5.32 Å². The van der Waals surface area contributed by atoms with Gasteiger partial charge in [0.25, 0.3) is 5.91 Å². The predicted octanol–water partition coefficient (Wildman–Crippen LogP) is 1.96. The Morgan fingerprint density at radius 1 is 1.50 bits per heavy atom. The number of anilines is 1. The standard InChI is InChI=1S/C15H22N2O3/c1-3-19-14-8-11(7-12(16)9-14)15(18)17-13-4-5-20-10(2)6-13/h7-10,13H,3-6,16H2,1-2H3,(H,17,18). The number of nitrogen functional groups attached to an aromatic ring is 1. The molecule has 1 aliphatic rings. The number of rotatable bonds is 4. The molecule has 0 bridgehead atoms. The van der Waals surface area contributed by atoms with E-state index >= 15 is 0 Å². The van der Waals surface area contributed by atoms with E-state index in [-0.39, 0.29) is 18.1 Å². The fraction of sp³-hybridized carbons (Fsp3) is 0.533. The fourth-order valence-corrected chi connectivity index (χ4v) is 2.40. The van der Waals surface area contributed by atoms with Gasteiger partial charge in [0.2, 0.25) is 0 Å². The lowest BCUT2D eigenvalue weighted by molar-refractivity contribution is 0.0136. The number of hydrogen-bond acceptors (Lipinski definition) is 4. The molecule has 1 fully saturated rings. The van der Waals surface area contributed by atoms with E-state index < -0.39 is 0 Å². The summed E-state index contributed by atoms with van der Waals surface area (Å²) in [6.45, 7) is 5.15. The van der Waals surface area contributed by atoms with Gasteiger partial charge in [0, 0.05) is 30.0 Å². The van der Waals surface area contributed by atoms with Gasteiger partial charge in [-0.3, -0.25) is 4.79 Å². The fourth-order valence-electron chi connectivity index (χ4n) is 2.40. The largest absolute Gasteiger partial charge is 0.494 e. The Balaban J connectivity index is 2.04. The molecule has 2 rings (SSSR count). The molecule has 2 atom stereocenters. The molecule has 110 valence electrons. The lowest BCUT2D eigenvalue weighted by Crippen LogP contribution is -2.41. The molecule has 3 N–H and O–H groups in total. The summed E-state index contributed by atoms with van der Waals surface area (Å²) in [5.41, 5.74) is 6.87. The first-order chi connectivity index (χ1) is 9.58. The molecule has 1 saturated heterocycles. The molecule has 1 aromatic rings. The number of amides is 1. The Morgan fingerprint density at radius 2 is 2.30 bits per heavy atom. The second kappa shape index (κ2) is 6.61. The van der Waals surface area contributed by atoms with Crippen molar-refractivity contribution < 1.29 is 14.3 Å². The number of nitrogens with one attached hydrogen (secondary N) is 1. The second-order valence-corrected chi connectivity index (χ2v) is 5.10. The summed E-state index contributed by atoms with van der Waals surface area (Å²) >= 11 is 0. The molecule has 2 unspecified atom stereocenters. The number of carbonyl (C=O) groups is 1. The van der Waals surface area contributed by atoms with E-state index in [4.69, 9.17) is 15.2 Å². The Kier molecular flexibility index (Phi) is 4.84. The van der Waals surface area contributed by atoms with Crippen LogP contribution >= 0.6 is 0 Å². The van der Waals surface area contributed by atoms with E-state index in [0.717, 1.165) is 12.8 Å². The van der Waals surface area contributed by atoms with E-state index in [9.17, 15) is 4.79 Å². The van der Waals surface area contributed by atoms with Gasteiger partial charge in [0.05, 0.1) is 12.7 Å². The summed E-state index contributed by atoms with van der Waals surface area (Å²) in [6, 6.07) is 5.26. The van der Waals surface area contributed by atoms with Crippen molar-refractivity contribution in [1.29, 1.82) is 0 Å². The molecule has 20 heavy (non-hydrogen) atoms. The summed E-state index contributed by atoms with van der Waals surface area (Å²) in [4.78, 5) is 12.3. The summed E-state index contributed by atoms with van der Waals surface area (Å²) in [5.74, 6) is 0.510. The van der Waals surface area contributed by atoms with Crippen LogP contribution < -0.4 is 15.8 Å². The molecule has 0 aliphatic carbocycles. The van der Waals surface area contributed by atoms with E-state index in [0.29, 0.717) is 30.2 Å². The summed E-state index contributed by atoms with van der Waals surface area (Å²) < 4.78 is 10.9. The lowest BCUT2D eigenvalue weighted by Gasteiger charge is -2.28. The highest BCUT2D eigenvalue weighted by Crippen LogP contribution is 2.20. The van der Waals surface area contributed by atoms with Crippen LogP contribution in [0, 0.1) is 0 Å². The van der Waals surface area contributed by atoms with Crippen LogP contribution in [0.15, 0.2) is 18.2 Å². The van der Waals surface area contributed by atoms with Gasteiger partial charge in [-0.15, -0.1) is 0 Å². The summed E-state index contributed by atoms with van der Waals surface area (Å²) in [6.07, 6.45) is 1.87. The molecule has 0 spiro atoms. The van der Waals surface area contributed by atoms with Crippen molar-refractivity contribution in [3.63, 3.8) is 0 Å². The highest BCUT2D eigenvalue weighted by atomic mass is 16.5. The van der Waals surface area contributed by atoms with Crippen molar-refractivity contribution in [1.82, 2.24) is 5.32 Å². The maximum atomic E-state index is 12.3. The van der Waals surface area contributed by atoms with Gasteiger partial charge in [-0.1, -0.05) is 0 Å². The van der Waals surface area contributed by atoms with Crippen molar-refractivity contribution in [2.45, 2.75) is 38.8 Å². The zero-order chi connectivity index (χ0) is 14.5. The van der Waals surface area contributed by atoms with Gasteiger partial charge in [0.1, 0.15) is 5.75 Å². The molecule has 1 aromatic carbocycles. The summed E-state index contributed by atoms with van der Waals surface area (Å²) in [5, 5.41) is 3.03. The highest BCUT2D eigenvalue weighted by Gasteiger charge is 2.21. The van der Waals surface area contributed by atoms with Crippen LogP contribution in [-0.2, 0) is 4.74 Å². The quantitative estimate of drug-likeness (QED) is 0.826. The van der Waals surface area contributed by atoms with Crippen molar-refractivity contribution in [3.05, 3.63) is 23.8 Å². The molecular weight excluding hydrogens is 256 g/mol. The molecule has 1 aliphatic heterocycles. The average molecular weight is 278 g/mol. The van der Waals surface area contributed by atoms with Crippen molar-refractivity contribution in [3.8, 4) is 5.75 Å². The minimum Gasteiger partial charge on any atom is -0.494 e.